The summed E-state index contributed by atoms with van der Waals surface area (Å²) in [5.41, 5.74) is 3.33. The van der Waals surface area contributed by atoms with Gasteiger partial charge in [-0.25, -0.2) is 4.98 Å². The molecule has 2 aromatic rings. The molecule has 0 unspecified atom stereocenters. The number of hydrogen-bond acceptors (Lipinski definition) is 4. The molecule has 1 fully saturated rings. The number of para-hydroxylation sites is 1. The molecule has 0 N–H and O–H groups in total. The molecule has 1 aromatic heterocycles. The van der Waals surface area contributed by atoms with Crippen LogP contribution >= 0.6 is 11.8 Å². The van der Waals surface area contributed by atoms with Gasteiger partial charge in [0.2, 0.25) is 11.8 Å². The van der Waals surface area contributed by atoms with Crippen molar-refractivity contribution >= 4 is 34.5 Å². The number of thioether (sulfide) groups is 1. The van der Waals surface area contributed by atoms with E-state index in [-0.39, 0.29) is 11.8 Å². The summed E-state index contributed by atoms with van der Waals surface area (Å²) >= 11 is 1.48. The molecule has 0 radical (unpaired) electrons. The first-order valence-electron chi connectivity index (χ1n) is 8.49. The van der Waals surface area contributed by atoms with E-state index in [9.17, 15) is 9.59 Å². The molecule has 0 bridgehead atoms. The third kappa shape index (κ3) is 3.95. The average Bonchev–Trinajstić information content (AvgIpc) is 2.60. The molecule has 2 heterocycles. The van der Waals surface area contributed by atoms with Crippen molar-refractivity contribution in [2.75, 3.05) is 31.9 Å². The quantitative estimate of drug-likeness (QED) is 0.793. The van der Waals surface area contributed by atoms with Crippen LogP contribution in [0.25, 0.3) is 10.9 Å². The molecule has 6 heteroatoms. The molecule has 1 aromatic carbocycles. The lowest BCUT2D eigenvalue weighted by atomic mass is 10.1. The van der Waals surface area contributed by atoms with Crippen LogP contribution in [0.1, 0.15) is 18.1 Å². The second-order valence-corrected chi connectivity index (χ2v) is 7.42. The van der Waals surface area contributed by atoms with E-state index in [2.05, 4.69) is 26.0 Å². The molecule has 1 aliphatic heterocycles. The van der Waals surface area contributed by atoms with Gasteiger partial charge in [-0.2, -0.15) is 0 Å². The van der Waals surface area contributed by atoms with E-state index in [0.717, 1.165) is 21.5 Å². The summed E-state index contributed by atoms with van der Waals surface area (Å²) in [6.07, 6.45) is 0. The molecule has 0 saturated carbocycles. The molecule has 1 saturated heterocycles. The zero-order chi connectivity index (χ0) is 18.0. The molecule has 1 aliphatic rings. The summed E-state index contributed by atoms with van der Waals surface area (Å²) in [7, 11) is 0. The molecule has 132 valence electrons. The lowest BCUT2D eigenvalue weighted by molar-refractivity contribution is -0.136. The largest absolute Gasteiger partial charge is 0.339 e. The predicted molar refractivity (Wildman–Crippen MR) is 101 cm³/mol. The maximum atomic E-state index is 12.4. The van der Waals surface area contributed by atoms with Crippen molar-refractivity contribution in [1.29, 1.82) is 0 Å². The van der Waals surface area contributed by atoms with Gasteiger partial charge in [0.1, 0.15) is 0 Å². The number of piperazine rings is 1. The number of benzene rings is 1. The van der Waals surface area contributed by atoms with E-state index < -0.39 is 0 Å². The van der Waals surface area contributed by atoms with Gasteiger partial charge in [0, 0.05) is 38.5 Å². The molecule has 3 rings (SSSR count). The van der Waals surface area contributed by atoms with E-state index in [4.69, 9.17) is 4.98 Å². The topological polar surface area (TPSA) is 53.5 Å². The summed E-state index contributed by atoms with van der Waals surface area (Å²) in [5, 5.41) is 2.05. The van der Waals surface area contributed by atoms with Crippen LogP contribution in [-0.4, -0.2) is 58.5 Å². The van der Waals surface area contributed by atoms with Gasteiger partial charge in [-0.1, -0.05) is 30.0 Å². The van der Waals surface area contributed by atoms with Crippen LogP contribution < -0.4 is 0 Å². The van der Waals surface area contributed by atoms with Gasteiger partial charge in [0.15, 0.2) is 0 Å². The van der Waals surface area contributed by atoms with E-state index >= 15 is 0 Å². The number of pyridine rings is 1. The first-order valence-corrected chi connectivity index (χ1v) is 9.47. The normalized spacial score (nSPS) is 14.8. The Hall–Kier alpha value is -2.08. The smallest absolute Gasteiger partial charge is 0.233 e. The van der Waals surface area contributed by atoms with Gasteiger partial charge in [0.25, 0.3) is 0 Å². The molecule has 25 heavy (non-hydrogen) atoms. The molecule has 0 aliphatic carbocycles. The molecule has 2 amide bonds. The lowest BCUT2D eigenvalue weighted by Gasteiger charge is -2.34. The van der Waals surface area contributed by atoms with Crippen LogP contribution in [0.2, 0.25) is 0 Å². The zero-order valence-electron chi connectivity index (χ0n) is 14.9. The highest BCUT2D eigenvalue weighted by Gasteiger charge is 2.22. The molecule has 0 spiro atoms. The number of carbonyl (C=O) groups excluding carboxylic acids is 2. The summed E-state index contributed by atoms with van der Waals surface area (Å²) in [5.74, 6) is 0.564. The summed E-state index contributed by atoms with van der Waals surface area (Å²) in [6.45, 7) is 8.18. The minimum atomic E-state index is 0.0766. The van der Waals surface area contributed by atoms with Gasteiger partial charge in [-0.3, -0.25) is 9.59 Å². The number of aryl methyl sites for hydroxylation is 2. The molecular formula is C19H23N3O2S. The van der Waals surface area contributed by atoms with Crippen molar-refractivity contribution in [2.45, 2.75) is 25.8 Å². The Bertz CT molecular complexity index is 814. The van der Waals surface area contributed by atoms with Gasteiger partial charge >= 0.3 is 0 Å². The Balaban J connectivity index is 1.64. The number of aromatic nitrogens is 1. The first-order chi connectivity index (χ1) is 12.0. The third-order valence-corrected chi connectivity index (χ3v) is 5.54. The third-order valence-electron chi connectivity index (χ3n) is 4.65. The van der Waals surface area contributed by atoms with Crippen molar-refractivity contribution < 1.29 is 9.59 Å². The second kappa shape index (κ2) is 7.44. The van der Waals surface area contributed by atoms with Gasteiger partial charge in [-0.05, 0) is 31.0 Å². The Labute approximate surface area is 152 Å². The van der Waals surface area contributed by atoms with Crippen molar-refractivity contribution in [3.8, 4) is 0 Å². The predicted octanol–water partition coefficient (Wildman–Crippen LogP) is 2.63. The van der Waals surface area contributed by atoms with E-state index in [1.165, 1.54) is 17.3 Å². The van der Waals surface area contributed by atoms with Crippen molar-refractivity contribution in [1.82, 2.24) is 14.8 Å². The monoisotopic (exact) mass is 357 g/mol. The SMILES string of the molecule is CC(=O)N1CCN(C(=O)CSc2cc(C)c3cccc(C)c3n2)CC1. The number of nitrogens with zero attached hydrogens (tertiary/aromatic N) is 3. The highest BCUT2D eigenvalue weighted by molar-refractivity contribution is 7.99. The van der Waals surface area contributed by atoms with Crippen LogP contribution in [-0.2, 0) is 9.59 Å². The number of carbonyl (C=O) groups is 2. The average molecular weight is 357 g/mol. The number of hydrogen-bond donors (Lipinski definition) is 0. The molecule has 5 nitrogen and oxygen atoms in total. The van der Waals surface area contributed by atoms with E-state index in [1.54, 1.807) is 11.8 Å². The Morgan fingerprint density at radius 3 is 2.44 bits per heavy atom. The first kappa shape index (κ1) is 17.7. The summed E-state index contributed by atoms with van der Waals surface area (Å²) in [4.78, 5) is 32.2. The van der Waals surface area contributed by atoms with Crippen LogP contribution in [0.3, 0.4) is 0 Å². The van der Waals surface area contributed by atoms with Crippen LogP contribution in [0.15, 0.2) is 29.3 Å². The van der Waals surface area contributed by atoms with Crippen LogP contribution in [0.5, 0.6) is 0 Å². The standard InChI is InChI=1S/C19H23N3O2S/c1-13-5-4-6-16-14(2)11-17(20-19(13)16)25-12-18(24)22-9-7-21(8-10-22)15(3)23/h4-6,11H,7-10,12H2,1-3H3. The summed E-state index contributed by atoms with van der Waals surface area (Å²) in [6, 6.07) is 8.23. The fraction of sp³-hybridized carbons (Fsp3) is 0.421. The number of fused-ring (bicyclic) bond motifs is 1. The Kier molecular flexibility index (Phi) is 5.27. The number of rotatable bonds is 3. The Morgan fingerprint density at radius 2 is 1.76 bits per heavy atom. The van der Waals surface area contributed by atoms with Gasteiger partial charge in [0.05, 0.1) is 16.3 Å². The zero-order valence-corrected chi connectivity index (χ0v) is 15.7. The van der Waals surface area contributed by atoms with Crippen molar-refractivity contribution in [3.05, 3.63) is 35.4 Å². The molecular weight excluding hydrogens is 334 g/mol. The van der Waals surface area contributed by atoms with E-state index in [1.807, 2.05) is 17.0 Å². The summed E-state index contributed by atoms with van der Waals surface area (Å²) < 4.78 is 0. The van der Waals surface area contributed by atoms with Gasteiger partial charge < -0.3 is 9.80 Å². The highest BCUT2D eigenvalue weighted by Crippen LogP contribution is 2.25. The maximum absolute atomic E-state index is 12.4. The molecule has 0 atom stereocenters. The highest BCUT2D eigenvalue weighted by atomic mass is 32.2. The number of amides is 2. The lowest BCUT2D eigenvalue weighted by Crippen LogP contribution is -2.50. The van der Waals surface area contributed by atoms with Crippen LogP contribution in [0, 0.1) is 13.8 Å². The second-order valence-electron chi connectivity index (χ2n) is 6.42. The van der Waals surface area contributed by atoms with Crippen molar-refractivity contribution in [3.63, 3.8) is 0 Å². The fourth-order valence-corrected chi connectivity index (χ4v) is 3.97. The van der Waals surface area contributed by atoms with Gasteiger partial charge in [-0.15, -0.1) is 0 Å². The van der Waals surface area contributed by atoms with E-state index in [0.29, 0.717) is 31.9 Å². The Morgan fingerprint density at radius 1 is 1.08 bits per heavy atom. The van der Waals surface area contributed by atoms with Crippen LogP contribution in [0.4, 0.5) is 0 Å². The maximum Gasteiger partial charge on any atom is 0.233 e. The minimum absolute atomic E-state index is 0.0766. The minimum Gasteiger partial charge on any atom is -0.339 e. The fourth-order valence-electron chi connectivity index (χ4n) is 3.10. The van der Waals surface area contributed by atoms with Crippen molar-refractivity contribution in [2.24, 2.45) is 0 Å².